The van der Waals surface area contributed by atoms with Crippen molar-refractivity contribution >= 4 is 28.5 Å². The van der Waals surface area contributed by atoms with Crippen LogP contribution in [0.2, 0.25) is 0 Å². The number of hydrogen-bond donors (Lipinski definition) is 0. The molecule has 0 saturated carbocycles. The normalized spacial score (nSPS) is 25.7. The van der Waals surface area contributed by atoms with Crippen LogP contribution in [0.1, 0.15) is 60.0 Å². The molecule has 0 N–H and O–H groups in total. The van der Waals surface area contributed by atoms with Crippen LogP contribution in [0, 0.1) is 0 Å². The molecule has 5 rings (SSSR count). The van der Waals surface area contributed by atoms with Crippen LogP contribution >= 0.6 is 11.8 Å². The van der Waals surface area contributed by atoms with Crippen LogP contribution in [0.3, 0.4) is 0 Å². The lowest BCUT2D eigenvalue weighted by atomic mass is 9.90. The zero-order valence-electron chi connectivity index (χ0n) is 22.0. The molecule has 2 unspecified atom stereocenters. The number of carbonyl (C=O) groups is 2. The van der Waals surface area contributed by atoms with Crippen molar-refractivity contribution in [2.24, 2.45) is 0 Å². The maximum atomic E-state index is 13.4. The zero-order chi connectivity index (χ0) is 26.5. The lowest BCUT2D eigenvalue weighted by Crippen LogP contribution is -2.58. The first kappa shape index (κ1) is 26.8. The first-order chi connectivity index (χ1) is 18.5. The number of ether oxygens (including phenoxy) is 4. The molecule has 3 aliphatic rings. The number of methoxy groups -OCH3 is 2. The van der Waals surface area contributed by atoms with Crippen LogP contribution in [0.5, 0.6) is 5.75 Å². The van der Waals surface area contributed by atoms with Gasteiger partial charge in [-0.1, -0.05) is 48.2 Å². The van der Waals surface area contributed by atoms with E-state index in [1.807, 2.05) is 53.4 Å². The summed E-state index contributed by atoms with van der Waals surface area (Å²) in [5.74, 6) is -0.0703. The molecule has 2 aliphatic heterocycles. The maximum Gasteiger partial charge on any atom is 0.339 e. The van der Waals surface area contributed by atoms with E-state index in [1.54, 1.807) is 14.2 Å². The topological polar surface area (TPSA) is 74.3 Å². The fourth-order valence-electron chi connectivity index (χ4n) is 5.61. The minimum absolute atomic E-state index is 0.0142. The first-order valence-corrected chi connectivity index (χ1v) is 14.3. The van der Waals surface area contributed by atoms with Crippen molar-refractivity contribution in [1.29, 1.82) is 0 Å². The molecular formula is C30H35NO6S. The molecule has 2 saturated heterocycles. The number of amides is 1. The first-order valence-electron chi connectivity index (χ1n) is 13.3. The Balaban J connectivity index is 1.32. The van der Waals surface area contributed by atoms with Gasteiger partial charge < -0.3 is 23.8 Å². The molecular weight excluding hydrogens is 502 g/mol. The lowest BCUT2D eigenvalue weighted by molar-refractivity contribution is -0.280. The molecule has 1 aliphatic carbocycles. The molecule has 7 nitrogen and oxygen atoms in total. The van der Waals surface area contributed by atoms with Crippen molar-refractivity contribution in [2.75, 3.05) is 26.6 Å². The van der Waals surface area contributed by atoms with Gasteiger partial charge in [0, 0.05) is 32.2 Å². The highest BCUT2D eigenvalue weighted by atomic mass is 32.2. The van der Waals surface area contributed by atoms with E-state index in [4.69, 9.17) is 18.9 Å². The molecule has 2 fully saturated rings. The van der Waals surface area contributed by atoms with E-state index in [0.717, 1.165) is 36.1 Å². The minimum Gasteiger partial charge on any atom is -0.497 e. The van der Waals surface area contributed by atoms with Gasteiger partial charge in [0.1, 0.15) is 11.9 Å². The number of nitrogens with zero attached hydrogens (tertiary/aromatic N) is 1. The molecule has 38 heavy (non-hydrogen) atoms. The monoisotopic (exact) mass is 537 g/mol. The Morgan fingerprint density at radius 2 is 1.95 bits per heavy atom. The average molecular weight is 538 g/mol. The maximum absolute atomic E-state index is 13.4. The van der Waals surface area contributed by atoms with Gasteiger partial charge in [-0.05, 0) is 60.6 Å². The summed E-state index contributed by atoms with van der Waals surface area (Å²) < 4.78 is 23.6. The third-order valence-electron chi connectivity index (χ3n) is 7.70. The fourth-order valence-corrected chi connectivity index (χ4v) is 6.70. The third kappa shape index (κ3) is 5.63. The van der Waals surface area contributed by atoms with Gasteiger partial charge in [0.25, 0.3) is 5.24 Å². The van der Waals surface area contributed by atoms with Gasteiger partial charge in [-0.25, -0.2) is 4.79 Å². The Kier molecular flexibility index (Phi) is 8.41. The van der Waals surface area contributed by atoms with Gasteiger partial charge >= 0.3 is 5.97 Å². The number of carbonyl (C=O) groups excluding carboxylic acids is 2. The second kappa shape index (κ2) is 11.9. The standard InChI is InChI=1S/C30H35NO6S/c1-34-23-14-12-21(13-15-23)19-31-27(20-38-29(31)33)30(35-2)18-24(16-17-36-30)37-28(32)26-11-7-6-10-25(26)22-8-4-3-5-9-22/h6-8,10-15,24,27H,3-5,9,16-20H2,1-2H3/t24?,27-,30?/m0/s1. The Hall–Kier alpha value is -2.81. The molecule has 2 aromatic carbocycles. The Morgan fingerprint density at radius 3 is 2.68 bits per heavy atom. The number of esters is 1. The van der Waals surface area contributed by atoms with E-state index in [0.29, 0.717) is 37.3 Å². The Morgan fingerprint density at radius 1 is 1.13 bits per heavy atom. The van der Waals surface area contributed by atoms with Gasteiger partial charge in [-0.2, -0.15) is 0 Å². The van der Waals surface area contributed by atoms with Crippen molar-refractivity contribution < 1.29 is 28.5 Å². The molecule has 2 heterocycles. The molecule has 0 bridgehead atoms. The highest BCUT2D eigenvalue weighted by molar-refractivity contribution is 8.13. The smallest absolute Gasteiger partial charge is 0.339 e. The van der Waals surface area contributed by atoms with E-state index < -0.39 is 5.79 Å². The van der Waals surface area contributed by atoms with Crippen LogP contribution in [-0.2, 0) is 20.8 Å². The van der Waals surface area contributed by atoms with Gasteiger partial charge in [-0.15, -0.1) is 0 Å². The SMILES string of the molecule is COc1ccc(CN2C(=O)SC[C@H]2C2(OC)CC(OC(=O)c3ccccc3C3=CCCCC3)CCO2)cc1. The molecule has 1 amide bonds. The Labute approximate surface area is 228 Å². The largest absolute Gasteiger partial charge is 0.497 e. The van der Waals surface area contributed by atoms with Gasteiger partial charge in [-0.3, -0.25) is 4.79 Å². The van der Waals surface area contributed by atoms with Crippen molar-refractivity contribution in [1.82, 2.24) is 4.90 Å². The number of hydrogen-bond acceptors (Lipinski definition) is 7. The van der Waals surface area contributed by atoms with E-state index >= 15 is 0 Å². The highest BCUT2D eigenvalue weighted by Gasteiger charge is 2.52. The summed E-state index contributed by atoms with van der Waals surface area (Å²) in [6.07, 6.45) is 7.14. The van der Waals surface area contributed by atoms with Crippen LogP contribution in [-0.4, -0.2) is 60.6 Å². The highest BCUT2D eigenvalue weighted by Crippen LogP contribution is 2.40. The molecule has 8 heteroatoms. The number of rotatable bonds is 8. The summed E-state index contributed by atoms with van der Waals surface area (Å²) in [5.41, 5.74) is 3.77. The second-order valence-corrected chi connectivity index (χ2v) is 10.9. The number of benzene rings is 2. The van der Waals surface area contributed by atoms with Crippen LogP contribution in [0.25, 0.3) is 5.57 Å². The summed E-state index contributed by atoms with van der Waals surface area (Å²) in [6.45, 7) is 0.812. The minimum atomic E-state index is -1.06. The summed E-state index contributed by atoms with van der Waals surface area (Å²) in [5, 5.41) is -0.0142. The zero-order valence-corrected chi connectivity index (χ0v) is 22.8. The van der Waals surface area contributed by atoms with Crippen LogP contribution in [0.4, 0.5) is 4.79 Å². The number of allylic oxidation sites excluding steroid dienone is 2. The van der Waals surface area contributed by atoms with Crippen LogP contribution in [0.15, 0.2) is 54.6 Å². The summed E-state index contributed by atoms with van der Waals surface area (Å²) in [6, 6.07) is 15.1. The Bertz CT molecular complexity index is 1180. The quantitative estimate of drug-likeness (QED) is 0.379. The second-order valence-electron chi connectivity index (χ2n) is 9.97. The van der Waals surface area contributed by atoms with Gasteiger partial charge in [0.05, 0.1) is 25.3 Å². The molecule has 3 atom stereocenters. The molecule has 202 valence electrons. The molecule has 0 spiro atoms. The summed E-state index contributed by atoms with van der Waals surface area (Å²) >= 11 is 1.27. The summed E-state index contributed by atoms with van der Waals surface area (Å²) in [4.78, 5) is 28.1. The van der Waals surface area contributed by atoms with Crippen molar-refractivity contribution in [3.8, 4) is 5.75 Å². The summed E-state index contributed by atoms with van der Waals surface area (Å²) in [7, 11) is 3.23. The van der Waals surface area contributed by atoms with Crippen molar-refractivity contribution in [2.45, 2.75) is 63.0 Å². The molecule has 0 aromatic heterocycles. The van der Waals surface area contributed by atoms with Crippen LogP contribution < -0.4 is 4.74 Å². The predicted octanol–water partition coefficient (Wildman–Crippen LogP) is 6.07. The molecule has 2 aromatic rings. The van der Waals surface area contributed by atoms with Gasteiger partial charge in [0.2, 0.25) is 0 Å². The third-order valence-corrected chi connectivity index (χ3v) is 8.66. The predicted molar refractivity (Wildman–Crippen MR) is 147 cm³/mol. The molecule has 0 radical (unpaired) electrons. The van der Waals surface area contributed by atoms with Crippen molar-refractivity contribution in [3.05, 3.63) is 71.3 Å². The average Bonchev–Trinajstić information content (AvgIpc) is 3.34. The lowest BCUT2D eigenvalue weighted by Gasteiger charge is -2.45. The van der Waals surface area contributed by atoms with Crippen molar-refractivity contribution in [3.63, 3.8) is 0 Å². The van der Waals surface area contributed by atoms with E-state index in [9.17, 15) is 9.59 Å². The van der Waals surface area contributed by atoms with E-state index in [1.165, 1.54) is 23.8 Å². The van der Waals surface area contributed by atoms with E-state index in [2.05, 4.69) is 6.08 Å². The number of thioether (sulfide) groups is 1. The van der Waals surface area contributed by atoms with E-state index in [-0.39, 0.29) is 23.4 Å². The van der Waals surface area contributed by atoms with Gasteiger partial charge in [0.15, 0.2) is 5.79 Å². The fraction of sp³-hybridized carbons (Fsp3) is 0.467.